The molecule has 0 atom stereocenters. The van der Waals surface area contributed by atoms with E-state index in [0.29, 0.717) is 6.07 Å². The summed E-state index contributed by atoms with van der Waals surface area (Å²) in [5, 5.41) is 21.6. The molecule has 0 spiro atoms. The first-order valence-electron chi connectivity index (χ1n) is 4.21. The number of nitrogens with zero attached hydrogens (tertiary/aromatic N) is 1. The predicted octanol–water partition coefficient (Wildman–Crippen LogP) is 2.18. The second kappa shape index (κ2) is 4.88. The van der Waals surface area contributed by atoms with E-state index in [1.165, 1.54) is 6.19 Å². The van der Waals surface area contributed by atoms with Crippen molar-refractivity contribution in [3.63, 3.8) is 0 Å². The SMILES string of the molecule is N#CNC(=S)Nc1cc(C(F)(F)F)ccc1O. The van der Waals surface area contributed by atoms with Crippen LogP contribution in [0.5, 0.6) is 5.75 Å². The Balaban J connectivity index is 3.00. The van der Waals surface area contributed by atoms with Gasteiger partial charge in [0.05, 0.1) is 11.3 Å². The van der Waals surface area contributed by atoms with Crippen LogP contribution in [0.3, 0.4) is 0 Å². The number of phenolic OH excluding ortho intramolecular Hbond substituents is 1. The molecular formula is C9H6F3N3OS. The second-order valence-corrected chi connectivity index (χ2v) is 3.33. The number of anilines is 1. The maximum Gasteiger partial charge on any atom is 0.416 e. The van der Waals surface area contributed by atoms with Crippen molar-refractivity contribution in [1.29, 1.82) is 5.26 Å². The number of hydrogen-bond acceptors (Lipinski definition) is 3. The van der Waals surface area contributed by atoms with E-state index >= 15 is 0 Å². The van der Waals surface area contributed by atoms with E-state index < -0.39 is 17.5 Å². The summed E-state index contributed by atoms with van der Waals surface area (Å²) in [6.45, 7) is 0. The van der Waals surface area contributed by atoms with Gasteiger partial charge in [0.2, 0.25) is 0 Å². The fourth-order valence-electron chi connectivity index (χ4n) is 1.02. The Labute approximate surface area is 99.7 Å². The molecule has 17 heavy (non-hydrogen) atoms. The lowest BCUT2D eigenvalue weighted by atomic mass is 10.2. The molecule has 0 radical (unpaired) electrons. The Kier molecular flexibility index (Phi) is 3.75. The monoisotopic (exact) mass is 261 g/mol. The Bertz CT molecular complexity index is 481. The fourth-order valence-corrected chi connectivity index (χ4v) is 1.17. The van der Waals surface area contributed by atoms with Gasteiger partial charge in [-0.2, -0.15) is 18.4 Å². The van der Waals surface area contributed by atoms with Gasteiger partial charge >= 0.3 is 6.18 Å². The molecule has 0 saturated heterocycles. The van der Waals surface area contributed by atoms with E-state index in [0.717, 1.165) is 12.1 Å². The number of thiocarbonyl (C=S) groups is 1. The predicted molar refractivity (Wildman–Crippen MR) is 58.1 cm³/mol. The van der Waals surface area contributed by atoms with Crippen LogP contribution in [-0.2, 0) is 6.18 Å². The highest BCUT2D eigenvalue weighted by molar-refractivity contribution is 7.80. The highest BCUT2D eigenvalue weighted by atomic mass is 32.1. The van der Waals surface area contributed by atoms with Crippen LogP contribution in [0, 0.1) is 11.5 Å². The lowest BCUT2D eigenvalue weighted by Gasteiger charge is -2.11. The van der Waals surface area contributed by atoms with Gasteiger partial charge in [0.25, 0.3) is 0 Å². The molecule has 0 aromatic heterocycles. The fraction of sp³-hybridized carbons (Fsp3) is 0.111. The maximum absolute atomic E-state index is 12.4. The number of alkyl halides is 3. The van der Waals surface area contributed by atoms with Crippen molar-refractivity contribution in [3.8, 4) is 11.9 Å². The minimum absolute atomic E-state index is 0.206. The van der Waals surface area contributed by atoms with E-state index in [9.17, 15) is 18.3 Å². The molecular weight excluding hydrogens is 255 g/mol. The molecule has 0 aliphatic heterocycles. The smallest absolute Gasteiger partial charge is 0.416 e. The standard InChI is InChI=1S/C9H6F3N3OS/c10-9(11,12)5-1-2-7(16)6(3-5)15-8(17)14-4-13/h1-3,16H,(H2,14,15,17). The first kappa shape index (κ1) is 13.1. The van der Waals surface area contributed by atoms with E-state index in [1.54, 1.807) is 0 Å². The maximum atomic E-state index is 12.4. The quantitative estimate of drug-likeness (QED) is 0.313. The van der Waals surface area contributed by atoms with Crippen molar-refractivity contribution in [3.05, 3.63) is 23.8 Å². The zero-order chi connectivity index (χ0) is 13.1. The molecule has 0 fully saturated rings. The largest absolute Gasteiger partial charge is 0.506 e. The number of nitriles is 1. The molecule has 0 unspecified atom stereocenters. The van der Waals surface area contributed by atoms with E-state index in [4.69, 9.17) is 5.26 Å². The second-order valence-electron chi connectivity index (χ2n) is 2.92. The molecule has 1 aromatic rings. The van der Waals surface area contributed by atoms with Gasteiger partial charge in [0.15, 0.2) is 11.3 Å². The molecule has 1 aromatic carbocycles. The summed E-state index contributed by atoms with van der Waals surface area (Å²) in [6.07, 6.45) is -3.02. The number of halogens is 3. The first-order valence-corrected chi connectivity index (χ1v) is 4.61. The van der Waals surface area contributed by atoms with E-state index in [1.807, 2.05) is 5.32 Å². The summed E-state index contributed by atoms with van der Waals surface area (Å²) in [4.78, 5) is 0. The lowest BCUT2D eigenvalue weighted by molar-refractivity contribution is -0.137. The van der Waals surface area contributed by atoms with E-state index in [-0.39, 0.29) is 10.8 Å². The summed E-state index contributed by atoms with van der Waals surface area (Å²) in [5.41, 5.74) is -1.16. The molecule has 3 N–H and O–H groups in total. The van der Waals surface area contributed by atoms with Gasteiger partial charge in [-0.1, -0.05) is 0 Å². The molecule has 4 nitrogen and oxygen atoms in total. The molecule has 90 valence electrons. The van der Waals surface area contributed by atoms with Gasteiger partial charge in [-0.05, 0) is 30.4 Å². The number of benzene rings is 1. The Hall–Kier alpha value is -2.01. The van der Waals surface area contributed by atoms with Crippen LogP contribution in [0.25, 0.3) is 0 Å². The van der Waals surface area contributed by atoms with Crippen LogP contribution in [0.1, 0.15) is 5.56 Å². The molecule has 0 aliphatic carbocycles. The highest BCUT2D eigenvalue weighted by Crippen LogP contribution is 2.34. The number of phenols is 1. The summed E-state index contributed by atoms with van der Waals surface area (Å²) < 4.78 is 37.1. The van der Waals surface area contributed by atoms with Crippen molar-refractivity contribution < 1.29 is 18.3 Å². The summed E-state index contributed by atoms with van der Waals surface area (Å²) in [5.74, 6) is -0.403. The van der Waals surface area contributed by atoms with Gasteiger partial charge in [0.1, 0.15) is 5.75 Å². The van der Waals surface area contributed by atoms with Gasteiger partial charge in [-0.15, -0.1) is 0 Å². The summed E-state index contributed by atoms with van der Waals surface area (Å²) in [7, 11) is 0. The average molecular weight is 261 g/mol. The number of hydrogen-bond donors (Lipinski definition) is 3. The third kappa shape index (κ3) is 3.49. The van der Waals surface area contributed by atoms with Crippen molar-refractivity contribution in [2.45, 2.75) is 6.18 Å². The van der Waals surface area contributed by atoms with Gasteiger partial charge in [-0.25, -0.2) is 0 Å². The molecule has 0 saturated carbocycles. The minimum atomic E-state index is -4.52. The zero-order valence-electron chi connectivity index (χ0n) is 8.17. The van der Waals surface area contributed by atoms with Crippen LogP contribution in [0.4, 0.5) is 18.9 Å². The van der Waals surface area contributed by atoms with Gasteiger partial charge in [-0.3, -0.25) is 5.32 Å². The third-order valence-corrected chi connectivity index (χ3v) is 1.95. The summed E-state index contributed by atoms with van der Waals surface area (Å²) in [6, 6.07) is 2.32. The van der Waals surface area contributed by atoms with Crippen LogP contribution in [0.2, 0.25) is 0 Å². The molecule has 8 heteroatoms. The zero-order valence-corrected chi connectivity index (χ0v) is 8.99. The van der Waals surface area contributed by atoms with Crippen LogP contribution in [-0.4, -0.2) is 10.2 Å². The molecule has 1 rings (SSSR count). The lowest BCUT2D eigenvalue weighted by Crippen LogP contribution is -2.24. The third-order valence-electron chi connectivity index (χ3n) is 1.74. The average Bonchev–Trinajstić information content (AvgIpc) is 2.20. The van der Waals surface area contributed by atoms with Crippen molar-refractivity contribution >= 4 is 23.0 Å². The Morgan fingerprint density at radius 1 is 1.41 bits per heavy atom. The van der Waals surface area contributed by atoms with Gasteiger partial charge < -0.3 is 10.4 Å². The Morgan fingerprint density at radius 2 is 2.06 bits per heavy atom. The molecule has 0 heterocycles. The first-order chi connectivity index (χ1) is 7.84. The van der Waals surface area contributed by atoms with Gasteiger partial charge in [0, 0.05) is 0 Å². The highest BCUT2D eigenvalue weighted by Gasteiger charge is 2.31. The van der Waals surface area contributed by atoms with Crippen molar-refractivity contribution in [2.75, 3.05) is 5.32 Å². The topological polar surface area (TPSA) is 68.1 Å². The molecule has 0 amide bonds. The van der Waals surface area contributed by atoms with Crippen molar-refractivity contribution in [2.24, 2.45) is 0 Å². The minimum Gasteiger partial charge on any atom is -0.506 e. The summed E-state index contributed by atoms with van der Waals surface area (Å²) >= 11 is 4.59. The molecule has 0 aliphatic rings. The normalized spacial score (nSPS) is 10.5. The number of nitrogens with one attached hydrogen (secondary N) is 2. The number of rotatable bonds is 1. The Morgan fingerprint density at radius 3 is 2.59 bits per heavy atom. The molecule has 0 bridgehead atoms. The number of aromatic hydroxyl groups is 1. The van der Waals surface area contributed by atoms with Crippen molar-refractivity contribution in [1.82, 2.24) is 5.32 Å². The van der Waals surface area contributed by atoms with Crippen LogP contribution in [0.15, 0.2) is 18.2 Å². The van der Waals surface area contributed by atoms with Crippen LogP contribution < -0.4 is 10.6 Å². The van der Waals surface area contributed by atoms with E-state index in [2.05, 4.69) is 17.5 Å². The van der Waals surface area contributed by atoms with Crippen LogP contribution >= 0.6 is 12.2 Å².